The van der Waals surface area contributed by atoms with E-state index in [1.165, 1.54) is 0 Å². The van der Waals surface area contributed by atoms with Gasteiger partial charge in [-0.3, -0.25) is 14.9 Å². The first kappa shape index (κ1) is 22.9. The number of carboxylic acid groups (broad SMARTS) is 1. The van der Waals surface area contributed by atoms with Gasteiger partial charge in [0.2, 0.25) is 0 Å². The number of nitrogens with one attached hydrogen (secondary N) is 2. The lowest BCUT2D eigenvalue weighted by molar-refractivity contribution is -0.139. The van der Waals surface area contributed by atoms with Crippen LogP contribution in [0.3, 0.4) is 0 Å². The van der Waals surface area contributed by atoms with E-state index in [1.54, 1.807) is 14.0 Å². The molecular formula is C16H32N2O6. The second-order valence-electron chi connectivity index (χ2n) is 6.20. The van der Waals surface area contributed by atoms with Crippen LogP contribution in [0.25, 0.3) is 0 Å². The Morgan fingerprint density at radius 1 is 1.17 bits per heavy atom. The largest absolute Gasteiger partial charge is 0.480 e. The topological polar surface area (TPSA) is 117 Å². The van der Waals surface area contributed by atoms with Gasteiger partial charge in [-0.25, -0.2) is 0 Å². The normalized spacial score (nSPS) is 15.2. The van der Waals surface area contributed by atoms with Gasteiger partial charge in [0.1, 0.15) is 18.4 Å². The van der Waals surface area contributed by atoms with Crippen LogP contribution in [0.2, 0.25) is 0 Å². The van der Waals surface area contributed by atoms with Crippen LogP contribution in [0.1, 0.15) is 33.6 Å². The molecule has 0 amide bonds. The van der Waals surface area contributed by atoms with Crippen LogP contribution in [0.5, 0.6) is 0 Å². The zero-order valence-electron chi connectivity index (χ0n) is 15.1. The SMILES string of the molecule is CNC(CCC(C)(O)NCCOCCOCC(=O)C(C)C)C(=O)O. The molecule has 2 atom stereocenters. The van der Waals surface area contributed by atoms with E-state index < -0.39 is 17.7 Å². The highest BCUT2D eigenvalue weighted by atomic mass is 16.5. The Hall–Kier alpha value is -1.06. The molecule has 0 aliphatic carbocycles. The van der Waals surface area contributed by atoms with E-state index in [9.17, 15) is 14.7 Å². The van der Waals surface area contributed by atoms with Crippen molar-refractivity contribution < 1.29 is 29.3 Å². The number of hydrogen-bond acceptors (Lipinski definition) is 7. The maximum Gasteiger partial charge on any atom is 0.320 e. The zero-order chi connectivity index (χ0) is 18.6. The zero-order valence-corrected chi connectivity index (χ0v) is 15.1. The van der Waals surface area contributed by atoms with Crippen molar-refractivity contribution in [2.75, 3.05) is 40.0 Å². The number of rotatable bonds is 15. The molecule has 0 aliphatic heterocycles. The van der Waals surface area contributed by atoms with Crippen LogP contribution in [-0.4, -0.2) is 73.8 Å². The van der Waals surface area contributed by atoms with E-state index >= 15 is 0 Å². The fourth-order valence-corrected chi connectivity index (χ4v) is 1.86. The molecule has 0 aromatic rings. The molecule has 8 nitrogen and oxygen atoms in total. The number of carboxylic acids is 1. The van der Waals surface area contributed by atoms with Crippen LogP contribution < -0.4 is 10.6 Å². The first-order valence-electron chi connectivity index (χ1n) is 8.25. The van der Waals surface area contributed by atoms with E-state index in [4.69, 9.17) is 14.6 Å². The number of likely N-dealkylation sites (N-methyl/N-ethyl adjacent to an activating group) is 1. The van der Waals surface area contributed by atoms with E-state index in [1.807, 2.05) is 13.8 Å². The number of ketones is 1. The smallest absolute Gasteiger partial charge is 0.320 e. The molecule has 142 valence electrons. The minimum atomic E-state index is -1.16. The number of aliphatic carboxylic acids is 1. The summed E-state index contributed by atoms with van der Waals surface area (Å²) in [5.74, 6) is -0.900. The molecule has 0 spiro atoms. The van der Waals surface area contributed by atoms with Gasteiger partial charge in [-0.05, 0) is 26.8 Å². The molecule has 0 rings (SSSR count). The summed E-state index contributed by atoms with van der Waals surface area (Å²) in [5, 5.41) is 24.7. The molecule has 0 aromatic carbocycles. The molecule has 2 unspecified atom stereocenters. The third-order valence-corrected chi connectivity index (χ3v) is 3.58. The highest BCUT2D eigenvalue weighted by Gasteiger charge is 2.23. The monoisotopic (exact) mass is 348 g/mol. The second kappa shape index (κ2) is 12.3. The summed E-state index contributed by atoms with van der Waals surface area (Å²) in [5.41, 5.74) is -1.16. The van der Waals surface area contributed by atoms with Gasteiger partial charge in [-0.15, -0.1) is 0 Å². The van der Waals surface area contributed by atoms with E-state index in [0.717, 1.165) is 0 Å². The molecule has 0 heterocycles. The Morgan fingerprint density at radius 3 is 2.33 bits per heavy atom. The van der Waals surface area contributed by atoms with Crippen molar-refractivity contribution in [1.82, 2.24) is 10.6 Å². The predicted molar refractivity (Wildman–Crippen MR) is 89.8 cm³/mol. The van der Waals surface area contributed by atoms with E-state index in [2.05, 4.69) is 10.6 Å². The quantitative estimate of drug-likeness (QED) is 0.241. The van der Waals surface area contributed by atoms with Gasteiger partial charge < -0.3 is 25.0 Å². The van der Waals surface area contributed by atoms with Gasteiger partial charge in [0, 0.05) is 12.5 Å². The predicted octanol–water partition coefficient (Wildman–Crippen LogP) is -0.00440. The lowest BCUT2D eigenvalue weighted by Crippen LogP contribution is -2.46. The van der Waals surface area contributed by atoms with E-state index in [0.29, 0.717) is 39.2 Å². The Labute approximate surface area is 143 Å². The van der Waals surface area contributed by atoms with Gasteiger partial charge in [-0.2, -0.15) is 0 Å². The second-order valence-corrected chi connectivity index (χ2v) is 6.20. The van der Waals surface area contributed by atoms with E-state index in [-0.39, 0.29) is 18.3 Å². The summed E-state index contributed by atoms with van der Waals surface area (Å²) < 4.78 is 10.5. The van der Waals surface area contributed by atoms with Gasteiger partial charge in [-0.1, -0.05) is 13.8 Å². The number of hydrogen-bond donors (Lipinski definition) is 4. The number of carbonyl (C=O) groups is 2. The van der Waals surface area contributed by atoms with Crippen LogP contribution in [0, 0.1) is 5.92 Å². The molecule has 0 fully saturated rings. The number of carbonyl (C=O) groups excluding carboxylic acids is 1. The van der Waals surface area contributed by atoms with Crippen molar-refractivity contribution in [2.24, 2.45) is 5.92 Å². The Kier molecular flexibility index (Phi) is 11.8. The standard InChI is InChI=1S/C16H32N2O6/c1-12(2)14(19)11-24-10-9-23-8-7-18-16(3,22)6-5-13(17-4)15(20)21/h12-13,17-18,22H,5-11H2,1-4H3,(H,20,21). The van der Waals surface area contributed by atoms with Crippen molar-refractivity contribution in [3.8, 4) is 0 Å². The summed E-state index contributed by atoms with van der Waals surface area (Å²) in [6, 6.07) is -0.680. The van der Waals surface area contributed by atoms with Gasteiger partial charge >= 0.3 is 5.97 Å². The Morgan fingerprint density at radius 2 is 1.79 bits per heavy atom. The fourth-order valence-electron chi connectivity index (χ4n) is 1.86. The molecule has 0 saturated heterocycles. The third-order valence-electron chi connectivity index (χ3n) is 3.58. The van der Waals surface area contributed by atoms with Gasteiger partial charge in [0.25, 0.3) is 0 Å². The molecule has 0 bridgehead atoms. The summed E-state index contributed by atoms with van der Waals surface area (Å²) >= 11 is 0. The molecule has 0 radical (unpaired) electrons. The highest BCUT2D eigenvalue weighted by molar-refractivity contribution is 5.81. The van der Waals surface area contributed by atoms with Crippen molar-refractivity contribution in [3.63, 3.8) is 0 Å². The van der Waals surface area contributed by atoms with Crippen LogP contribution in [0.15, 0.2) is 0 Å². The number of aliphatic hydroxyl groups is 1. The minimum Gasteiger partial charge on any atom is -0.480 e. The Bertz CT molecular complexity index is 374. The first-order chi connectivity index (χ1) is 11.2. The first-order valence-corrected chi connectivity index (χ1v) is 8.25. The molecule has 8 heteroatoms. The molecule has 4 N–H and O–H groups in total. The number of Topliss-reactive ketones (excluding diaryl/α,β-unsaturated/α-hetero) is 1. The summed E-state index contributed by atoms with van der Waals surface area (Å²) in [4.78, 5) is 22.2. The van der Waals surface area contributed by atoms with Crippen molar-refractivity contribution >= 4 is 11.8 Å². The highest BCUT2D eigenvalue weighted by Crippen LogP contribution is 2.10. The van der Waals surface area contributed by atoms with Crippen LogP contribution in [-0.2, 0) is 19.1 Å². The fraction of sp³-hybridized carbons (Fsp3) is 0.875. The third kappa shape index (κ3) is 11.5. The van der Waals surface area contributed by atoms with Crippen molar-refractivity contribution in [1.29, 1.82) is 0 Å². The van der Waals surface area contributed by atoms with Gasteiger partial charge in [0.15, 0.2) is 5.78 Å². The number of ether oxygens (including phenoxy) is 2. The summed E-state index contributed by atoms with van der Waals surface area (Å²) in [6.45, 7) is 6.88. The molecule has 0 aromatic heterocycles. The minimum absolute atomic E-state index is 0.0269. The van der Waals surface area contributed by atoms with Crippen molar-refractivity contribution in [2.45, 2.75) is 45.4 Å². The Balaban J connectivity index is 3.68. The molecule has 0 aliphatic rings. The van der Waals surface area contributed by atoms with Crippen molar-refractivity contribution in [3.05, 3.63) is 0 Å². The molecular weight excluding hydrogens is 316 g/mol. The molecule has 24 heavy (non-hydrogen) atoms. The maximum absolute atomic E-state index is 11.3. The lowest BCUT2D eigenvalue weighted by Gasteiger charge is -2.26. The average Bonchev–Trinajstić information content (AvgIpc) is 2.49. The molecule has 0 saturated carbocycles. The van der Waals surface area contributed by atoms with Crippen LogP contribution in [0.4, 0.5) is 0 Å². The maximum atomic E-state index is 11.3. The summed E-state index contributed by atoms with van der Waals surface area (Å²) in [6.07, 6.45) is 0.607. The van der Waals surface area contributed by atoms with Crippen LogP contribution >= 0.6 is 0 Å². The summed E-state index contributed by atoms with van der Waals surface area (Å²) in [7, 11) is 1.57. The van der Waals surface area contributed by atoms with Gasteiger partial charge in [0.05, 0.1) is 19.8 Å². The average molecular weight is 348 g/mol. The lowest BCUT2D eigenvalue weighted by atomic mass is 10.0.